The van der Waals surface area contributed by atoms with E-state index >= 15 is 0 Å². The van der Waals surface area contributed by atoms with Gasteiger partial charge in [-0.2, -0.15) is 4.80 Å². The molecule has 208 valence electrons. The molecule has 2 unspecified atom stereocenters. The van der Waals surface area contributed by atoms with E-state index in [-0.39, 0.29) is 18.1 Å². The zero-order valence-electron chi connectivity index (χ0n) is 22.8. The van der Waals surface area contributed by atoms with Crippen molar-refractivity contribution in [3.63, 3.8) is 0 Å². The highest BCUT2D eigenvalue weighted by Crippen LogP contribution is 2.32. The lowest BCUT2D eigenvalue weighted by atomic mass is 10.0. The normalized spacial score (nSPS) is 18.7. The molecule has 2 fully saturated rings. The third kappa shape index (κ3) is 5.09. The van der Waals surface area contributed by atoms with Gasteiger partial charge in [-0.15, -0.1) is 10.2 Å². The summed E-state index contributed by atoms with van der Waals surface area (Å²) in [6.07, 6.45) is 3.84. The number of oxazole rings is 1. The molecule has 0 bridgehead atoms. The van der Waals surface area contributed by atoms with Crippen molar-refractivity contribution < 1.29 is 13.9 Å². The number of pyridine rings is 1. The standard InChI is InChI=1S/C30H30N8O3/c1-36-34-28(33-35-36)27(20-6-3-2-4-7-20)37-13-15-38(16-14-37)30(39)24-19-22(11-12-31-24)29-32-23-18-21(9-10-26(23)41-29)25-8-5-17-40-25/h2-4,6-7,9-12,18-19,25,27H,5,8,13-17H2,1H3. The molecule has 0 N–H and O–H groups in total. The molecule has 2 atom stereocenters. The van der Waals surface area contributed by atoms with Crippen LogP contribution in [-0.2, 0) is 11.8 Å². The van der Waals surface area contributed by atoms with Gasteiger partial charge in [0, 0.05) is 44.5 Å². The van der Waals surface area contributed by atoms with Crippen LogP contribution in [0.5, 0.6) is 0 Å². The molecule has 5 aromatic rings. The Bertz CT molecular complexity index is 1670. The predicted molar refractivity (Wildman–Crippen MR) is 150 cm³/mol. The number of carbonyl (C=O) groups is 1. The molecule has 0 radical (unpaired) electrons. The topological polar surface area (TPSA) is 115 Å². The number of carbonyl (C=O) groups excluding carboxylic acids is 1. The number of aromatic nitrogens is 6. The van der Waals surface area contributed by atoms with Gasteiger partial charge in [-0.3, -0.25) is 14.7 Å². The number of piperazine rings is 1. The Labute approximate surface area is 236 Å². The Morgan fingerprint density at radius 3 is 2.63 bits per heavy atom. The van der Waals surface area contributed by atoms with E-state index in [1.54, 1.807) is 19.3 Å². The van der Waals surface area contributed by atoms with Crippen LogP contribution < -0.4 is 0 Å². The zero-order valence-corrected chi connectivity index (χ0v) is 22.8. The lowest BCUT2D eigenvalue weighted by molar-refractivity contribution is 0.0586. The molecule has 7 rings (SSSR count). The second kappa shape index (κ2) is 10.8. The van der Waals surface area contributed by atoms with E-state index in [9.17, 15) is 4.79 Å². The molecule has 2 aromatic carbocycles. The van der Waals surface area contributed by atoms with E-state index < -0.39 is 0 Å². The van der Waals surface area contributed by atoms with Gasteiger partial charge in [0.05, 0.1) is 19.2 Å². The molecule has 2 saturated heterocycles. The van der Waals surface area contributed by atoms with Crippen LogP contribution in [0.25, 0.3) is 22.6 Å². The van der Waals surface area contributed by atoms with E-state index in [1.165, 1.54) is 4.80 Å². The SMILES string of the molecule is Cn1nnc(C(c2ccccc2)N2CCN(C(=O)c3cc(-c4nc5cc(C6CCCO6)ccc5o4)ccn3)CC2)n1. The largest absolute Gasteiger partial charge is 0.436 e. The van der Waals surface area contributed by atoms with E-state index in [0.29, 0.717) is 49.2 Å². The van der Waals surface area contributed by atoms with Crippen LogP contribution in [0.2, 0.25) is 0 Å². The van der Waals surface area contributed by atoms with Crippen LogP contribution in [0.15, 0.2) is 71.3 Å². The highest BCUT2D eigenvalue weighted by atomic mass is 16.5. The molecule has 11 nitrogen and oxygen atoms in total. The van der Waals surface area contributed by atoms with Gasteiger partial charge in [0.25, 0.3) is 5.91 Å². The number of rotatable bonds is 6. The van der Waals surface area contributed by atoms with E-state index in [4.69, 9.17) is 14.1 Å². The summed E-state index contributed by atoms with van der Waals surface area (Å²) in [4.78, 5) is 28.2. The van der Waals surface area contributed by atoms with Crippen molar-refractivity contribution >= 4 is 17.0 Å². The molecule has 0 saturated carbocycles. The van der Waals surface area contributed by atoms with Gasteiger partial charge in [0.2, 0.25) is 5.89 Å². The Balaban J connectivity index is 1.07. The summed E-state index contributed by atoms with van der Waals surface area (Å²) >= 11 is 0. The number of aryl methyl sites for hydroxylation is 1. The van der Waals surface area contributed by atoms with Crippen LogP contribution in [0.1, 0.15) is 52.4 Å². The number of hydrogen-bond acceptors (Lipinski definition) is 9. The zero-order chi connectivity index (χ0) is 27.8. The first-order chi connectivity index (χ1) is 20.1. The van der Waals surface area contributed by atoms with Crippen molar-refractivity contribution in [2.45, 2.75) is 25.0 Å². The molecule has 0 spiro atoms. The minimum Gasteiger partial charge on any atom is -0.436 e. The fraction of sp³-hybridized carbons (Fsp3) is 0.333. The smallest absolute Gasteiger partial charge is 0.272 e. The monoisotopic (exact) mass is 550 g/mol. The lowest BCUT2D eigenvalue weighted by Gasteiger charge is -2.38. The van der Waals surface area contributed by atoms with Gasteiger partial charge in [-0.1, -0.05) is 36.4 Å². The number of ether oxygens (including phenoxy) is 1. The maximum Gasteiger partial charge on any atom is 0.272 e. The lowest BCUT2D eigenvalue weighted by Crippen LogP contribution is -2.50. The number of amides is 1. The average Bonchev–Trinajstić information content (AvgIpc) is 3.79. The summed E-state index contributed by atoms with van der Waals surface area (Å²) < 4.78 is 11.9. The second-order valence-electron chi connectivity index (χ2n) is 10.5. The molecule has 2 aliphatic rings. The summed E-state index contributed by atoms with van der Waals surface area (Å²) in [7, 11) is 1.76. The van der Waals surface area contributed by atoms with Crippen molar-refractivity contribution in [1.82, 2.24) is 40.0 Å². The molecule has 2 aliphatic heterocycles. The van der Waals surface area contributed by atoms with Crippen molar-refractivity contribution in [2.24, 2.45) is 7.05 Å². The predicted octanol–water partition coefficient (Wildman–Crippen LogP) is 3.81. The first-order valence-corrected chi connectivity index (χ1v) is 13.9. The highest BCUT2D eigenvalue weighted by molar-refractivity contribution is 5.93. The summed E-state index contributed by atoms with van der Waals surface area (Å²) in [5, 5.41) is 12.8. The quantitative estimate of drug-likeness (QED) is 0.311. The van der Waals surface area contributed by atoms with E-state index in [0.717, 1.165) is 41.7 Å². The number of fused-ring (bicyclic) bond motifs is 1. The molecular weight excluding hydrogens is 520 g/mol. The molecule has 11 heteroatoms. The molecule has 3 aromatic heterocycles. The summed E-state index contributed by atoms with van der Waals surface area (Å²) in [5.74, 6) is 0.999. The molecule has 5 heterocycles. The maximum absolute atomic E-state index is 13.5. The van der Waals surface area contributed by atoms with Crippen LogP contribution in [0.3, 0.4) is 0 Å². The van der Waals surface area contributed by atoms with Gasteiger partial charge >= 0.3 is 0 Å². The fourth-order valence-corrected chi connectivity index (χ4v) is 5.70. The van der Waals surface area contributed by atoms with Crippen LogP contribution in [-0.4, -0.2) is 78.7 Å². The minimum absolute atomic E-state index is 0.114. The Kier molecular flexibility index (Phi) is 6.73. The summed E-state index contributed by atoms with van der Waals surface area (Å²) in [6, 6.07) is 19.6. The van der Waals surface area contributed by atoms with Crippen LogP contribution in [0.4, 0.5) is 0 Å². The van der Waals surface area contributed by atoms with Gasteiger partial charge in [0.15, 0.2) is 11.4 Å². The third-order valence-corrected chi connectivity index (χ3v) is 7.79. The maximum atomic E-state index is 13.5. The molecular formula is C30H30N8O3. The first kappa shape index (κ1) is 25.5. The van der Waals surface area contributed by atoms with Crippen molar-refractivity contribution in [1.29, 1.82) is 0 Å². The van der Waals surface area contributed by atoms with Crippen LogP contribution >= 0.6 is 0 Å². The second-order valence-corrected chi connectivity index (χ2v) is 10.5. The van der Waals surface area contributed by atoms with Gasteiger partial charge in [-0.25, -0.2) is 4.98 Å². The Morgan fingerprint density at radius 1 is 1.02 bits per heavy atom. The average molecular weight is 551 g/mol. The number of hydrogen-bond donors (Lipinski definition) is 0. The number of nitrogens with zero attached hydrogens (tertiary/aromatic N) is 8. The summed E-state index contributed by atoms with van der Waals surface area (Å²) in [6.45, 7) is 3.25. The van der Waals surface area contributed by atoms with E-state index in [1.807, 2.05) is 47.4 Å². The summed E-state index contributed by atoms with van der Waals surface area (Å²) in [5.41, 5.74) is 4.77. The van der Waals surface area contributed by atoms with Crippen LogP contribution in [0, 0.1) is 0 Å². The van der Waals surface area contributed by atoms with Gasteiger partial charge in [-0.05, 0) is 53.4 Å². The van der Waals surface area contributed by atoms with Gasteiger partial charge in [0.1, 0.15) is 11.2 Å². The van der Waals surface area contributed by atoms with E-state index in [2.05, 4.69) is 37.4 Å². The minimum atomic E-state index is -0.136. The van der Waals surface area contributed by atoms with Crippen molar-refractivity contribution in [3.8, 4) is 11.5 Å². The first-order valence-electron chi connectivity index (χ1n) is 13.9. The third-order valence-electron chi connectivity index (χ3n) is 7.79. The Morgan fingerprint density at radius 2 is 1.88 bits per heavy atom. The highest BCUT2D eigenvalue weighted by Gasteiger charge is 2.31. The fourth-order valence-electron chi connectivity index (χ4n) is 5.70. The Hall–Kier alpha value is -4.48. The number of benzene rings is 2. The van der Waals surface area contributed by atoms with Crippen molar-refractivity contribution in [2.75, 3.05) is 32.8 Å². The molecule has 1 amide bonds. The number of tetrazole rings is 1. The van der Waals surface area contributed by atoms with Crippen molar-refractivity contribution in [3.05, 3.63) is 89.5 Å². The molecule has 0 aliphatic carbocycles. The molecule has 41 heavy (non-hydrogen) atoms. The van der Waals surface area contributed by atoms with Gasteiger partial charge < -0.3 is 14.1 Å².